The van der Waals surface area contributed by atoms with Crippen LogP contribution in [0.2, 0.25) is 0 Å². The molecule has 1 aromatic heterocycles. The standard InChI is InChI=1S/C13H11N.C4H6/c1-2-6-12(7-3-1)9-10-13-8-4-5-11-14-13;1-3-4-2/h1-11H;3-4H,1-2H2. The van der Waals surface area contributed by atoms with Gasteiger partial charge in [-0.05, 0) is 23.8 Å². The summed E-state index contributed by atoms with van der Waals surface area (Å²) in [5.74, 6) is 0. The third-order valence-corrected chi connectivity index (χ3v) is 2.10. The highest BCUT2D eigenvalue weighted by Gasteiger charge is 1.85. The Hall–Kier alpha value is -2.41. The van der Waals surface area contributed by atoms with Crippen LogP contribution < -0.4 is 0 Å². The lowest BCUT2D eigenvalue weighted by Crippen LogP contribution is -1.76. The Morgan fingerprint density at radius 2 is 1.44 bits per heavy atom. The smallest absolute Gasteiger partial charge is 0.0629 e. The molecule has 18 heavy (non-hydrogen) atoms. The van der Waals surface area contributed by atoms with Crippen LogP contribution in [0.15, 0.2) is 80.0 Å². The van der Waals surface area contributed by atoms with E-state index in [-0.39, 0.29) is 0 Å². The summed E-state index contributed by atoms with van der Waals surface area (Å²) in [5.41, 5.74) is 2.18. The molecular weight excluding hydrogens is 218 g/mol. The minimum Gasteiger partial charge on any atom is -0.257 e. The summed E-state index contributed by atoms with van der Waals surface area (Å²) < 4.78 is 0. The topological polar surface area (TPSA) is 12.9 Å². The van der Waals surface area contributed by atoms with Gasteiger partial charge in [0, 0.05) is 6.20 Å². The Morgan fingerprint density at radius 1 is 0.778 bits per heavy atom. The third kappa shape index (κ3) is 5.61. The number of pyridine rings is 1. The lowest BCUT2D eigenvalue weighted by Gasteiger charge is -1.92. The zero-order valence-electron chi connectivity index (χ0n) is 10.4. The van der Waals surface area contributed by atoms with Crippen LogP contribution in [-0.4, -0.2) is 4.98 Å². The fraction of sp³-hybridized carbons (Fsp3) is 0. The average Bonchev–Trinajstić information content (AvgIpc) is 2.47. The van der Waals surface area contributed by atoms with Crippen LogP contribution in [-0.2, 0) is 0 Å². The van der Waals surface area contributed by atoms with E-state index in [1.807, 2.05) is 42.5 Å². The SMILES string of the molecule is C(=Cc1ccccn1)c1ccccc1.C=CC=C. The zero-order chi connectivity index (χ0) is 13.1. The molecule has 0 bridgehead atoms. The molecule has 0 aliphatic carbocycles. The van der Waals surface area contributed by atoms with Crippen molar-refractivity contribution in [1.29, 1.82) is 0 Å². The van der Waals surface area contributed by atoms with Gasteiger partial charge in [-0.2, -0.15) is 0 Å². The van der Waals surface area contributed by atoms with Crippen LogP contribution in [0, 0.1) is 0 Å². The number of benzene rings is 1. The maximum Gasteiger partial charge on any atom is 0.0629 e. The highest BCUT2D eigenvalue weighted by molar-refractivity contribution is 5.67. The van der Waals surface area contributed by atoms with Crippen LogP contribution >= 0.6 is 0 Å². The van der Waals surface area contributed by atoms with Crippen molar-refractivity contribution in [3.63, 3.8) is 0 Å². The van der Waals surface area contributed by atoms with Gasteiger partial charge in [0.1, 0.15) is 0 Å². The monoisotopic (exact) mass is 235 g/mol. The first kappa shape index (κ1) is 13.7. The lowest BCUT2D eigenvalue weighted by molar-refractivity contribution is 1.30. The van der Waals surface area contributed by atoms with Crippen molar-refractivity contribution in [2.45, 2.75) is 0 Å². The van der Waals surface area contributed by atoms with Gasteiger partial charge in [-0.3, -0.25) is 4.98 Å². The molecule has 1 heterocycles. The van der Waals surface area contributed by atoms with E-state index < -0.39 is 0 Å². The second kappa shape index (κ2) is 8.71. The molecule has 0 amide bonds. The van der Waals surface area contributed by atoms with Crippen LogP contribution in [0.5, 0.6) is 0 Å². The number of nitrogens with zero attached hydrogens (tertiary/aromatic N) is 1. The first-order chi connectivity index (χ1) is 8.86. The Kier molecular flexibility index (Phi) is 6.61. The first-order valence-corrected chi connectivity index (χ1v) is 5.74. The fourth-order valence-corrected chi connectivity index (χ4v) is 1.22. The maximum atomic E-state index is 4.21. The molecule has 0 saturated carbocycles. The van der Waals surface area contributed by atoms with E-state index in [1.165, 1.54) is 5.56 Å². The van der Waals surface area contributed by atoms with Gasteiger partial charge in [0.25, 0.3) is 0 Å². The second-order valence-electron chi connectivity index (χ2n) is 3.47. The summed E-state index contributed by atoms with van der Waals surface area (Å²) >= 11 is 0. The first-order valence-electron chi connectivity index (χ1n) is 5.74. The van der Waals surface area contributed by atoms with Gasteiger partial charge in [-0.15, -0.1) is 0 Å². The maximum absolute atomic E-state index is 4.21. The van der Waals surface area contributed by atoms with Gasteiger partial charge < -0.3 is 0 Å². The number of hydrogen-bond acceptors (Lipinski definition) is 1. The van der Waals surface area contributed by atoms with Crippen LogP contribution in [0.3, 0.4) is 0 Å². The predicted molar refractivity (Wildman–Crippen MR) is 80.0 cm³/mol. The molecule has 0 N–H and O–H groups in total. The summed E-state index contributed by atoms with van der Waals surface area (Å²) in [7, 11) is 0. The summed E-state index contributed by atoms with van der Waals surface area (Å²) in [6.45, 7) is 6.72. The Morgan fingerprint density at radius 3 is 2.00 bits per heavy atom. The van der Waals surface area contributed by atoms with Gasteiger partial charge in [-0.25, -0.2) is 0 Å². The van der Waals surface area contributed by atoms with Gasteiger partial charge in [0.2, 0.25) is 0 Å². The molecule has 0 atom stereocenters. The Bertz CT molecular complexity index is 436. The van der Waals surface area contributed by atoms with E-state index in [4.69, 9.17) is 0 Å². The molecule has 1 nitrogen and oxygen atoms in total. The summed E-state index contributed by atoms with van der Waals surface area (Å²) in [6.07, 6.45) is 9.14. The van der Waals surface area contributed by atoms with E-state index in [0.717, 1.165) is 5.69 Å². The van der Waals surface area contributed by atoms with Gasteiger partial charge in [-0.1, -0.05) is 67.8 Å². The number of hydrogen-bond donors (Lipinski definition) is 0. The van der Waals surface area contributed by atoms with E-state index in [2.05, 4.69) is 36.4 Å². The molecule has 90 valence electrons. The molecule has 0 spiro atoms. The molecule has 0 aliphatic rings. The van der Waals surface area contributed by atoms with Gasteiger partial charge in [0.15, 0.2) is 0 Å². The summed E-state index contributed by atoms with van der Waals surface area (Å²) in [5, 5.41) is 0. The molecule has 0 aliphatic heterocycles. The number of allylic oxidation sites excluding steroid dienone is 2. The van der Waals surface area contributed by atoms with Crippen LogP contribution in [0.4, 0.5) is 0 Å². The number of aromatic nitrogens is 1. The molecule has 1 heteroatoms. The van der Waals surface area contributed by atoms with E-state index in [0.29, 0.717) is 0 Å². The molecular formula is C17H17N. The van der Waals surface area contributed by atoms with Crippen molar-refractivity contribution in [3.8, 4) is 0 Å². The van der Waals surface area contributed by atoms with Gasteiger partial charge >= 0.3 is 0 Å². The van der Waals surface area contributed by atoms with Crippen LogP contribution in [0.25, 0.3) is 12.2 Å². The van der Waals surface area contributed by atoms with Crippen molar-refractivity contribution in [2.24, 2.45) is 0 Å². The highest BCUT2D eigenvalue weighted by Crippen LogP contribution is 2.04. The van der Waals surface area contributed by atoms with Gasteiger partial charge in [0.05, 0.1) is 5.69 Å². The molecule has 2 rings (SSSR count). The summed E-state index contributed by atoms with van der Waals surface area (Å²) in [6, 6.07) is 16.1. The summed E-state index contributed by atoms with van der Waals surface area (Å²) in [4.78, 5) is 4.21. The molecule has 0 saturated heterocycles. The van der Waals surface area contributed by atoms with Crippen molar-refractivity contribution < 1.29 is 0 Å². The minimum absolute atomic E-state index is 0.983. The molecule has 2 aromatic rings. The minimum atomic E-state index is 0.983. The van der Waals surface area contributed by atoms with Crippen molar-refractivity contribution in [2.75, 3.05) is 0 Å². The molecule has 0 radical (unpaired) electrons. The highest BCUT2D eigenvalue weighted by atomic mass is 14.6. The largest absolute Gasteiger partial charge is 0.257 e. The third-order valence-electron chi connectivity index (χ3n) is 2.10. The lowest BCUT2D eigenvalue weighted by atomic mass is 10.2. The van der Waals surface area contributed by atoms with Crippen molar-refractivity contribution in [3.05, 3.63) is 91.3 Å². The van der Waals surface area contributed by atoms with E-state index >= 15 is 0 Å². The molecule has 0 unspecified atom stereocenters. The molecule has 0 fully saturated rings. The van der Waals surface area contributed by atoms with Crippen molar-refractivity contribution >= 4 is 12.2 Å². The predicted octanol–water partition coefficient (Wildman–Crippen LogP) is 4.61. The quantitative estimate of drug-likeness (QED) is 0.708. The van der Waals surface area contributed by atoms with E-state index in [9.17, 15) is 0 Å². The number of rotatable bonds is 3. The van der Waals surface area contributed by atoms with Crippen LogP contribution in [0.1, 0.15) is 11.3 Å². The normalized spacial score (nSPS) is 9.33. The average molecular weight is 235 g/mol. The van der Waals surface area contributed by atoms with E-state index in [1.54, 1.807) is 18.3 Å². The zero-order valence-corrected chi connectivity index (χ0v) is 10.4. The fourth-order valence-electron chi connectivity index (χ4n) is 1.22. The van der Waals surface area contributed by atoms with Crippen molar-refractivity contribution in [1.82, 2.24) is 4.98 Å². The molecule has 1 aromatic carbocycles. The second-order valence-corrected chi connectivity index (χ2v) is 3.47. The Labute approximate surface area is 109 Å². The Balaban J connectivity index is 0.000000357.